The standard InChI is InChI=1S/C14H15BrO3.CH4/c1-18-14(17)12-4-2-3-11(12)13(16)9-5-7-10(15)8-6-9;/h5-8,11-12H,2-4H2,1H3;1H4/t11-,12-;/m1./s1. The number of carbonyl (C=O) groups excluding carboxylic acids is 2. The zero-order chi connectivity index (χ0) is 13.1. The van der Waals surface area contributed by atoms with Crippen LogP contribution in [0.1, 0.15) is 37.0 Å². The smallest absolute Gasteiger partial charge is 0.309 e. The SMILES string of the molecule is C.COC(=O)[C@@H]1CCC[C@H]1C(=O)c1ccc(Br)cc1. The van der Waals surface area contributed by atoms with Crippen molar-refractivity contribution in [3.05, 3.63) is 34.3 Å². The number of methoxy groups -OCH3 is 1. The van der Waals surface area contributed by atoms with Gasteiger partial charge in [0.15, 0.2) is 5.78 Å². The van der Waals surface area contributed by atoms with Crippen molar-refractivity contribution in [2.24, 2.45) is 11.8 Å². The Morgan fingerprint density at radius 3 is 2.32 bits per heavy atom. The summed E-state index contributed by atoms with van der Waals surface area (Å²) in [6, 6.07) is 7.27. The van der Waals surface area contributed by atoms with Gasteiger partial charge in [-0.2, -0.15) is 0 Å². The molecule has 0 spiro atoms. The van der Waals surface area contributed by atoms with Crippen molar-refractivity contribution in [3.63, 3.8) is 0 Å². The molecule has 0 heterocycles. The molecule has 1 aromatic rings. The van der Waals surface area contributed by atoms with Crippen molar-refractivity contribution in [1.82, 2.24) is 0 Å². The highest BCUT2D eigenvalue weighted by Gasteiger charge is 2.38. The summed E-state index contributed by atoms with van der Waals surface area (Å²) in [5.74, 6) is -0.705. The zero-order valence-corrected chi connectivity index (χ0v) is 11.8. The molecule has 0 saturated heterocycles. The van der Waals surface area contributed by atoms with E-state index in [1.165, 1.54) is 7.11 Å². The molecule has 0 aromatic heterocycles. The molecule has 0 radical (unpaired) electrons. The van der Waals surface area contributed by atoms with Gasteiger partial charge in [0.1, 0.15) is 0 Å². The van der Waals surface area contributed by atoms with Gasteiger partial charge in [-0.15, -0.1) is 0 Å². The van der Waals surface area contributed by atoms with Gasteiger partial charge in [-0.05, 0) is 25.0 Å². The lowest BCUT2D eigenvalue weighted by Crippen LogP contribution is -2.26. The quantitative estimate of drug-likeness (QED) is 0.625. The van der Waals surface area contributed by atoms with Crippen LogP contribution in [-0.4, -0.2) is 18.9 Å². The molecule has 1 fully saturated rings. The van der Waals surface area contributed by atoms with Crippen molar-refractivity contribution < 1.29 is 14.3 Å². The van der Waals surface area contributed by atoms with Crippen LogP contribution in [0.4, 0.5) is 0 Å². The van der Waals surface area contributed by atoms with Gasteiger partial charge in [-0.3, -0.25) is 9.59 Å². The molecule has 2 rings (SSSR count). The number of hydrogen-bond donors (Lipinski definition) is 0. The van der Waals surface area contributed by atoms with Crippen molar-refractivity contribution >= 4 is 27.7 Å². The normalized spacial score (nSPS) is 21.6. The van der Waals surface area contributed by atoms with Gasteiger partial charge in [-0.1, -0.05) is 41.9 Å². The number of carbonyl (C=O) groups is 2. The summed E-state index contributed by atoms with van der Waals surface area (Å²) in [6.07, 6.45) is 2.43. The van der Waals surface area contributed by atoms with Gasteiger partial charge in [0, 0.05) is 16.0 Å². The first-order chi connectivity index (χ1) is 8.63. The van der Waals surface area contributed by atoms with E-state index in [-0.39, 0.29) is 31.0 Å². The number of ether oxygens (including phenoxy) is 1. The van der Waals surface area contributed by atoms with Gasteiger partial charge in [0.25, 0.3) is 0 Å². The van der Waals surface area contributed by atoms with Crippen molar-refractivity contribution in [3.8, 4) is 0 Å². The van der Waals surface area contributed by atoms with E-state index < -0.39 is 0 Å². The van der Waals surface area contributed by atoms with Crippen molar-refractivity contribution in [1.29, 1.82) is 0 Å². The Morgan fingerprint density at radius 1 is 1.16 bits per heavy atom. The predicted octanol–water partition coefficient (Wildman–Crippen LogP) is 3.86. The summed E-state index contributed by atoms with van der Waals surface area (Å²) in [7, 11) is 1.38. The first-order valence-corrected chi connectivity index (χ1v) is 6.80. The van der Waals surface area contributed by atoms with Crippen LogP contribution in [0.3, 0.4) is 0 Å². The number of hydrogen-bond acceptors (Lipinski definition) is 3. The Balaban J connectivity index is 0.00000180. The molecule has 2 atom stereocenters. The van der Waals surface area contributed by atoms with E-state index in [9.17, 15) is 9.59 Å². The lowest BCUT2D eigenvalue weighted by Gasteiger charge is -2.16. The number of esters is 1. The minimum absolute atomic E-state index is 0. The third-order valence-electron chi connectivity index (χ3n) is 3.49. The minimum Gasteiger partial charge on any atom is -0.469 e. The van der Waals surface area contributed by atoms with Gasteiger partial charge in [0.05, 0.1) is 13.0 Å². The highest BCUT2D eigenvalue weighted by atomic mass is 79.9. The molecule has 1 aliphatic carbocycles. The van der Waals surface area contributed by atoms with Gasteiger partial charge in [0.2, 0.25) is 0 Å². The number of ketones is 1. The molecule has 1 aliphatic rings. The second-order valence-electron chi connectivity index (χ2n) is 4.54. The fraction of sp³-hybridized carbons (Fsp3) is 0.467. The monoisotopic (exact) mass is 326 g/mol. The van der Waals surface area contributed by atoms with Crippen LogP contribution in [0.2, 0.25) is 0 Å². The lowest BCUT2D eigenvalue weighted by atomic mass is 9.88. The minimum atomic E-state index is -0.272. The zero-order valence-electron chi connectivity index (χ0n) is 10.2. The van der Waals surface area contributed by atoms with E-state index in [0.29, 0.717) is 5.56 Å². The molecule has 0 amide bonds. The average Bonchev–Trinajstić information content (AvgIpc) is 2.87. The largest absolute Gasteiger partial charge is 0.469 e. The van der Waals surface area contributed by atoms with E-state index >= 15 is 0 Å². The molecular weight excluding hydrogens is 308 g/mol. The maximum absolute atomic E-state index is 12.4. The predicted molar refractivity (Wildman–Crippen MR) is 78.1 cm³/mol. The first-order valence-electron chi connectivity index (χ1n) is 6.01. The number of halogens is 1. The molecular formula is C15H19BrO3. The van der Waals surface area contributed by atoms with Gasteiger partial charge in [-0.25, -0.2) is 0 Å². The molecule has 0 aliphatic heterocycles. The van der Waals surface area contributed by atoms with Crippen LogP contribution in [0, 0.1) is 11.8 Å². The topological polar surface area (TPSA) is 43.4 Å². The van der Waals surface area contributed by atoms with Crippen LogP contribution in [0.15, 0.2) is 28.7 Å². The number of benzene rings is 1. The molecule has 1 aromatic carbocycles. The molecule has 19 heavy (non-hydrogen) atoms. The molecule has 0 bridgehead atoms. The Labute approximate surface area is 122 Å². The second kappa shape index (κ2) is 6.85. The van der Waals surface area contributed by atoms with Gasteiger partial charge < -0.3 is 4.74 Å². The summed E-state index contributed by atoms with van der Waals surface area (Å²) in [5.41, 5.74) is 0.666. The van der Waals surface area contributed by atoms with Crippen LogP contribution < -0.4 is 0 Å². The molecule has 4 heteroatoms. The van der Waals surface area contributed by atoms with Crippen molar-refractivity contribution in [2.75, 3.05) is 7.11 Å². The molecule has 0 unspecified atom stereocenters. The Bertz CT molecular complexity index is 453. The third-order valence-corrected chi connectivity index (χ3v) is 4.01. The van der Waals surface area contributed by atoms with E-state index in [1.807, 2.05) is 12.1 Å². The fourth-order valence-electron chi connectivity index (χ4n) is 2.54. The number of Topliss-reactive ketones (excluding diaryl/α,β-unsaturated/α-hetero) is 1. The van der Waals surface area contributed by atoms with E-state index in [1.54, 1.807) is 12.1 Å². The first kappa shape index (κ1) is 15.9. The number of rotatable bonds is 3. The third kappa shape index (κ3) is 3.44. The highest BCUT2D eigenvalue weighted by Crippen LogP contribution is 2.35. The van der Waals surface area contributed by atoms with E-state index in [2.05, 4.69) is 15.9 Å². The van der Waals surface area contributed by atoms with Crippen LogP contribution in [-0.2, 0) is 9.53 Å². The molecule has 104 valence electrons. The second-order valence-corrected chi connectivity index (χ2v) is 5.45. The van der Waals surface area contributed by atoms with Crippen LogP contribution in [0.5, 0.6) is 0 Å². The maximum atomic E-state index is 12.4. The summed E-state index contributed by atoms with van der Waals surface area (Å²) < 4.78 is 5.71. The summed E-state index contributed by atoms with van der Waals surface area (Å²) >= 11 is 3.34. The highest BCUT2D eigenvalue weighted by molar-refractivity contribution is 9.10. The lowest BCUT2D eigenvalue weighted by molar-refractivity contribution is -0.146. The van der Waals surface area contributed by atoms with Crippen LogP contribution in [0.25, 0.3) is 0 Å². The maximum Gasteiger partial charge on any atom is 0.309 e. The van der Waals surface area contributed by atoms with E-state index in [0.717, 1.165) is 23.7 Å². The van der Waals surface area contributed by atoms with Gasteiger partial charge >= 0.3 is 5.97 Å². The summed E-state index contributed by atoms with van der Waals surface area (Å²) in [6.45, 7) is 0. The Morgan fingerprint density at radius 2 is 1.74 bits per heavy atom. The Kier molecular flexibility index (Phi) is 5.73. The molecule has 3 nitrogen and oxygen atoms in total. The summed E-state index contributed by atoms with van der Waals surface area (Å²) in [4.78, 5) is 24.0. The van der Waals surface area contributed by atoms with Crippen molar-refractivity contribution in [2.45, 2.75) is 26.7 Å². The Hall–Kier alpha value is -1.16. The van der Waals surface area contributed by atoms with E-state index in [4.69, 9.17) is 4.74 Å². The molecule has 1 saturated carbocycles. The average molecular weight is 327 g/mol. The molecule has 0 N–H and O–H groups in total. The fourth-order valence-corrected chi connectivity index (χ4v) is 2.80. The van der Waals surface area contributed by atoms with Crippen LogP contribution >= 0.6 is 15.9 Å². The summed E-state index contributed by atoms with van der Waals surface area (Å²) in [5, 5.41) is 0.